The number of anilines is 1. The summed E-state index contributed by atoms with van der Waals surface area (Å²) in [6, 6.07) is 6.43. The highest BCUT2D eigenvalue weighted by molar-refractivity contribution is 9.10. The number of fused-ring (bicyclic) bond motifs is 1. The highest BCUT2D eigenvalue weighted by Gasteiger charge is 2.29. The normalized spacial score (nSPS) is 20.1. The van der Waals surface area contributed by atoms with E-state index in [9.17, 15) is 0 Å². The van der Waals surface area contributed by atoms with Crippen LogP contribution in [0.15, 0.2) is 22.7 Å². The van der Waals surface area contributed by atoms with Crippen molar-refractivity contribution in [1.29, 1.82) is 0 Å². The first-order chi connectivity index (χ1) is 6.98. The maximum Gasteiger partial charge on any atom is 0.156 e. The maximum atomic E-state index is 5.78. The molecule has 0 spiro atoms. The van der Waals surface area contributed by atoms with Gasteiger partial charge in [0.2, 0.25) is 0 Å². The van der Waals surface area contributed by atoms with Crippen LogP contribution >= 0.6 is 15.9 Å². The summed E-state index contributed by atoms with van der Waals surface area (Å²) >= 11 is 3.49. The molecule has 0 fully saturated rings. The molecular formula is C12H16BrNO. The van der Waals surface area contributed by atoms with E-state index in [0.717, 1.165) is 22.5 Å². The zero-order valence-electron chi connectivity index (χ0n) is 9.30. The van der Waals surface area contributed by atoms with Gasteiger partial charge in [0.1, 0.15) is 6.61 Å². The zero-order chi connectivity index (χ0) is 11.1. The standard InChI is InChI=1S/C12H16BrNO/c1-12(2,3)10-7-15-11-8(13)5-4-6-9(11)14-10/h4-6,10,14H,7H2,1-3H3. The lowest BCUT2D eigenvalue weighted by atomic mass is 9.86. The van der Waals surface area contributed by atoms with Gasteiger partial charge in [0.15, 0.2) is 5.75 Å². The third kappa shape index (κ3) is 2.12. The zero-order valence-corrected chi connectivity index (χ0v) is 10.9. The van der Waals surface area contributed by atoms with Crippen molar-refractivity contribution >= 4 is 21.6 Å². The van der Waals surface area contributed by atoms with Gasteiger partial charge in [0.25, 0.3) is 0 Å². The molecule has 0 amide bonds. The van der Waals surface area contributed by atoms with Crippen molar-refractivity contribution in [3.8, 4) is 5.75 Å². The van der Waals surface area contributed by atoms with E-state index >= 15 is 0 Å². The fourth-order valence-corrected chi connectivity index (χ4v) is 2.11. The third-order valence-electron chi connectivity index (χ3n) is 2.74. The Balaban J connectivity index is 2.28. The number of hydrogen-bond donors (Lipinski definition) is 1. The Morgan fingerprint density at radius 3 is 2.80 bits per heavy atom. The Morgan fingerprint density at radius 2 is 2.13 bits per heavy atom. The Kier molecular flexibility index (Phi) is 2.67. The Labute approximate surface area is 99.1 Å². The van der Waals surface area contributed by atoms with Crippen LogP contribution in [0.2, 0.25) is 0 Å². The first-order valence-corrected chi connectivity index (χ1v) is 5.95. The van der Waals surface area contributed by atoms with Crippen LogP contribution in [0.3, 0.4) is 0 Å². The molecule has 0 radical (unpaired) electrons. The summed E-state index contributed by atoms with van der Waals surface area (Å²) in [5, 5.41) is 3.52. The van der Waals surface area contributed by atoms with Gasteiger partial charge in [-0.25, -0.2) is 0 Å². The summed E-state index contributed by atoms with van der Waals surface area (Å²) in [4.78, 5) is 0. The van der Waals surface area contributed by atoms with Crippen molar-refractivity contribution in [2.24, 2.45) is 5.41 Å². The van der Waals surface area contributed by atoms with Crippen molar-refractivity contribution in [2.75, 3.05) is 11.9 Å². The number of nitrogens with one attached hydrogen (secondary N) is 1. The summed E-state index contributed by atoms with van der Waals surface area (Å²) in [6.45, 7) is 7.38. The van der Waals surface area contributed by atoms with Gasteiger partial charge in [-0.05, 0) is 33.5 Å². The van der Waals surface area contributed by atoms with Crippen molar-refractivity contribution in [3.05, 3.63) is 22.7 Å². The predicted molar refractivity (Wildman–Crippen MR) is 66.5 cm³/mol. The molecule has 1 heterocycles. The largest absolute Gasteiger partial charge is 0.488 e. The Morgan fingerprint density at radius 1 is 1.40 bits per heavy atom. The highest BCUT2D eigenvalue weighted by atomic mass is 79.9. The van der Waals surface area contributed by atoms with Crippen molar-refractivity contribution < 1.29 is 4.74 Å². The van der Waals surface area contributed by atoms with E-state index in [1.165, 1.54) is 0 Å². The maximum absolute atomic E-state index is 5.78. The monoisotopic (exact) mass is 269 g/mol. The van der Waals surface area contributed by atoms with Crippen molar-refractivity contribution in [1.82, 2.24) is 0 Å². The molecule has 2 rings (SSSR count). The highest BCUT2D eigenvalue weighted by Crippen LogP contribution is 2.38. The van der Waals surface area contributed by atoms with E-state index in [1.807, 2.05) is 12.1 Å². The van der Waals surface area contributed by atoms with E-state index in [2.05, 4.69) is 48.1 Å². The molecule has 82 valence electrons. The third-order valence-corrected chi connectivity index (χ3v) is 3.36. The molecule has 0 bridgehead atoms. The molecule has 1 aliphatic heterocycles. The average Bonchev–Trinajstić information content (AvgIpc) is 2.16. The van der Waals surface area contributed by atoms with E-state index in [1.54, 1.807) is 0 Å². The number of benzene rings is 1. The molecule has 1 aromatic carbocycles. The van der Waals surface area contributed by atoms with Gasteiger partial charge < -0.3 is 10.1 Å². The summed E-state index contributed by atoms with van der Waals surface area (Å²) in [5.41, 5.74) is 1.29. The first kappa shape index (κ1) is 10.8. The summed E-state index contributed by atoms with van der Waals surface area (Å²) in [5.74, 6) is 0.929. The minimum Gasteiger partial charge on any atom is -0.488 e. The molecule has 1 N–H and O–H groups in total. The second kappa shape index (κ2) is 3.71. The Hall–Kier alpha value is -0.700. The fourth-order valence-electron chi connectivity index (χ4n) is 1.63. The van der Waals surface area contributed by atoms with Crippen LogP contribution in [0.5, 0.6) is 5.75 Å². The lowest BCUT2D eigenvalue weighted by molar-refractivity contribution is 0.206. The SMILES string of the molecule is CC(C)(C)C1COc2c(Br)cccc2N1. The van der Waals surface area contributed by atoms with E-state index in [4.69, 9.17) is 4.74 Å². The molecule has 1 aliphatic rings. The number of ether oxygens (including phenoxy) is 1. The second-order valence-corrected chi connectivity index (χ2v) is 5.84. The predicted octanol–water partition coefficient (Wildman–Crippen LogP) is 3.67. The van der Waals surface area contributed by atoms with Crippen molar-refractivity contribution in [2.45, 2.75) is 26.8 Å². The molecule has 1 atom stereocenters. The van der Waals surface area contributed by atoms with E-state index in [-0.39, 0.29) is 5.41 Å². The van der Waals surface area contributed by atoms with Crippen LogP contribution in [0, 0.1) is 5.41 Å². The van der Waals surface area contributed by atoms with Gasteiger partial charge in [-0.2, -0.15) is 0 Å². The molecule has 0 saturated carbocycles. The molecule has 2 nitrogen and oxygen atoms in total. The van der Waals surface area contributed by atoms with Crippen LogP contribution in [-0.2, 0) is 0 Å². The average molecular weight is 270 g/mol. The lowest BCUT2D eigenvalue weighted by Gasteiger charge is -2.36. The number of para-hydroxylation sites is 1. The van der Waals surface area contributed by atoms with Gasteiger partial charge in [-0.1, -0.05) is 26.8 Å². The molecule has 0 aliphatic carbocycles. The lowest BCUT2D eigenvalue weighted by Crippen LogP contribution is -2.41. The van der Waals surface area contributed by atoms with E-state index in [0.29, 0.717) is 6.04 Å². The quantitative estimate of drug-likeness (QED) is 0.776. The summed E-state index contributed by atoms with van der Waals surface area (Å²) in [7, 11) is 0. The second-order valence-electron chi connectivity index (χ2n) is 4.99. The van der Waals surface area contributed by atoms with Crippen LogP contribution in [0.25, 0.3) is 0 Å². The summed E-state index contributed by atoms with van der Waals surface area (Å²) < 4.78 is 6.80. The van der Waals surface area contributed by atoms with Gasteiger partial charge in [0.05, 0.1) is 16.2 Å². The summed E-state index contributed by atoms with van der Waals surface area (Å²) in [6.07, 6.45) is 0. The number of halogens is 1. The first-order valence-electron chi connectivity index (χ1n) is 5.16. The number of hydrogen-bond acceptors (Lipinski definition) is 2. The van der Waals surface area contributed by atoms with Gasteiger partial charge in [0, 0.05) is 0 Å². The fraction of sp³-hybridized carbons (Fsp3) is 0.500. The molecule has 1 unspecified atom stereocenters. The molecular weight excluding hydrogens is 254 g/mol. The van der Waals surface area contributed by atoms with Crippen LogP contribution < -0.4 is 10.1 Å². The molecule has 15 heavy (non-hydrogen) atoms. The molecule has 0 saturated heterocycles. The van der Waals surface area contributed by atoms with Gasteiger partial charge in [-0.3, -0.25) is 0 Å². The van der Waals surface area contributed by atoms with Crippen LogP contribution in [-0.4, -0.2) is 12.6 Å². The number of rotatable bonds is 0. The van der Waals surface area contributed by atoms with E-state index < -0.39 is 0 Å². The minimum atomic E-state index is 0.208. The minimum absolute atomic E-state index is 0.208. The smallest absolute Gasteiger partial charge is 0.156 e. The topological polar surface area (TPSA) is 21.3 Å². The molecule has 3 heteroatoms. The van der Waals surface area contributed by atoms with Crippen LogP contribution in [0.1, 0.15) is 20.8 Å². The van der Waals surface area contributed by atoms with Gasteiger partial charge in [-0.15, -0.1) is 0 Å². The van der Waals surface area contributed by atoms with Crippen LogP contribution in [0.4, 0.5) is 5.69 Å². The molecule has 0 aromatic heterocycles. The van der Waals surface area contributed by atoms with Gasteiger partial charge >= 0.3 is 0 Å². The molecule has 1 aromatic rings. The Bertz CT molecular complexity index is 370. The van der Waals surface area contributed by atoms with Crippen molar-refractivity contribution in [3.63, 3.8) is 0 Å².